The summed E-state index contributed by atoms with van der Waals surface area (Å²) in [4.78, 5) is 4.50. The molecule has 1 saturated carbocycles. The van der Waals surface area contributed by atoms with Gasteiger partial charge in [0, 0.05) is 31.4 Å². The second-order valence-corrected chi connectivity index (χ2v) is 7.04. The van der Waals surface area contributed by atoms with E-state index in [-0.39, 0.29) is 6.04 Å². The zero-order chi connectivity index (χ0) is 14.6. The Hall–Kier alpha value is -1.14. The molecule has 0 bridgehead atoms. The molecule has 0 aromatic carbocycles. The second kappa shape index (κ2) is 6.54. The van der Waals surface area contributed by atoms with Gasteiger partial charge in [0.15, 0.2) is 0 Å². The molecule has 0 radical (unpaired) electrons. The highest BCUT2D eigenvalue weighted by molar-refractivity contribution is 7.89. The third-order valence-corrected chi connectivity index (χ3v) is 5.24. The van der Waals surface area contributed by atoms with Gasteiger partial charge in [-0.25, -0.2) is 13.4 Å². The van der Waals surface area contributed by atoms with Crippen LogP contribution in [0.4, 0.5) is 5.82 Å². The van der Waals surface area contributed by atoms with Gasteiger partial charge in [-0.05, 0) is 31.7 Å². The van der Waals surface area contributed by atoms with E-state index in [1.807, 2.05) is 6.92 Å². The first-order valence-corrected chi connectivity index (χ1v) is 8.75. The van der Waals surface area contributed by atoms with Gasteiger partial charge in [0.2, 0.25) is 10.0 Å². The summed E-state index contributed by atoms with van der Waals surface area (Å²) in [6.07, 6.45) is 5.32. The molecule has 0 atom stereocenters. The van der Waals surface area contributed by atoms with Crippen LogP contribution in [0.2, 0.25) is 0 Å². The van der Waals surface area contributed by atoms with E-state index in [4.69, 9.17) is 0 Å². The molecule has 1 heterocycles. The molecule has 5 nitrogen and oxygen atoms in total. The molecule has 1 aliphatic carbocycles. The molecule has 1 aromatic heterocycles. The van der Waals surface area contributed by atoms with Gasteiger partial charge in [-0.1, -0.05) is 13.8 Å². The monoisotopic (exact) mass is 297 g/mol. The molecule has 1 fully saturated rings. The van der Waals surface area contributed by atoms with Crippen LogP contribution >= 0.6 is 0 Å². The molecule has 2 rings (SSSR count). The summed E-state index contributed by atoms with van der Waals surface area (Å²) in [6.45, 7) is 5.44. The zero-order valence-electron chi connectivity index (χ0n) is 12.2. The predicted molar refractivity (Wildman–Crippen MR) is 80.2 cm³/mol. The van der Waals surface area contributed by atoms with Crippen LogP contribution in [0.5, 0.6) is 0 Å². The summed E-state index contributed by atoms with van der Waals surface area (Å²) < 4.78 is 27.0. The minimum Gasteiger partial charge on any atom is -0.370 e. The van der Waals surface area contributed by atoms with Crippen molar-refractivity contribution in [1.82, 2.24) is 9.29 Å². The lowest BCUT2D eigenvalue weighted by Gasteiger charge is -2.21. The van der Waals surface area contributed by atoms with Crippen molar-refractivity contribution in [3.8, 4) is 0 Å². The summed E-state index contributed by atoms with van der Waals surface area (Å²) in [5.74, 6) is 0.625. The van der Waals surface area contributed by atoms with Crippen LogP contribution in [-0.4, -0.2) is 36.8 Å². The fourth-order valence-corrected chi connectivity index (χ4v) is 3.93. The van der Waals surface area contributed by atoms with E-state index >= 15 is 0 Å². The van der Waals surface area contributed by atoms with Crippen molar-refractivity contribution in [3.63, 3.8) is 0 Å². The quantitative estimate of drug-likeness (QED) is 0.800. The fourth-order valence-electron chi connectivity index (χ4n) is 2.14. The molecule has 1 aromatic rings. The van der Waals surface area contributed by atoms with Gasteiger partial charge in [-0.15, -0.1) is 0 Å². The van der Waals surface area contributed by atoms with Crippen molar-refractivity contribution in [2.75, 3.05) is 18.4 Å². The Balaban J connectivity index is 2.23. The van der Waals surface area contributed by atoms with E-state index in [2.05, 4.69) is 17.2 Å². The van der Waals surface area contributed by atoms with E-state index in [1.54, 1.807) is 22.6 Å². The molecule has 0 saturated heterocycles. The first-order valence-electron chi connectivity index (χ1n) is 7.31. The van der Waals surface area contributed by atoms with Gasteiger partial charge in [-0.3, -0.25) is 0 Å². The predicted octanol–water partition coefficient (Wildman–Crippen LogP) is 2.47. The highest BCUT2D eigenvalue weighted by atomic mass is 32.2. The zero-order valence-corrected chi connectivity index (χ0v) is 13.0. The number of hydrogen-bond donors (Lipinski definition) is 1. The van der Waals surface area contributed by atoms with Crippen molar-refractivity contribution in [2.45, 2.75) is 50.5 Å². The lowest BCUT2D eigenvalue weighted by molar-refractivity contribution is 0.403. The van der Waals surface area contributed by atoms with Crippen LogP contribution in [0.15, 0.2) is 23.2 Å². The van der Waals surface area contributed by atoms with Crippen LogP contribution in [0, 0.1) is 0 Å². The number of nitrogens with zero attached hydrogens (tertiary/aromatic N) is 2. The first-order chi connectivity index (χ1) is 9.59. The average molecular weight is 297 g/mol. The number of nitrogens with one attached hydrogen (secondary N) is 1. The molecule has 0 spiro atoms. The molecular formula is C14H23N3O2S. The number of pyridine rings is 1. The van der Waals surface area contributed by atoms with Crippen molar-refractivity contribution in [3.05, 3.63) is 18.3 Å². The minimum atomic E-state index is -3.39. The van der Waals surface area contributed by atoms with Gasteiger partial charge >= 0.3 is 0 Å². The third-order valence-electron chi connectivity index (χ3n) is 3.29. The largest absolute Gasteiger partial charge is 0.370 e. The normalized spacial score (nSPS) is 15.6. The highest BCUT2D eigenvalue weighted by Crippen LogP contribution is 2.32. The van der Waals surface area contributed by atoms with E-state index in [0.717, 1.165) is 32.2 Å². The molecule has 1 aliphatic rings. The van der Waals surface area contributed by atoms with Gasteiger partial charge in [-0.2, -0.15) is 4.31 Å². The SMILES string of the molecule is CCCNc1cc(S(=O)(=O)N(CCC)C2CC2)ccn1. The molecule has 112 valence electrons. The van der Waals surface area contributed by atoms with Gasteiger partial charge < -0.3 is 5.32 Å². The molecule has 6 heteroatoms. The van der Waals surface area contributed by atoms with E-state index in [9.17, 15) is 8.42 Å². The van der Waals surface area contributed by atoms with E-state index in [0.29, 0.717) is 17.3 Å². The first kappa shape index (κ1) is 15.3. The number of rotatable bonds is 8. The van der Waals surface area contributed by atoms with Crippen molar-refractivity contribution >= 4 is 15.8 Å². The van der Waals surface area contributed by atoms with Gasteiger partial charge in [0.1, 0.15) is 5.82 Å². The van der Waals surface area contributed by atoms with Crippen LogP contribution in [0.1, 0.15) is 39.5 Å². The maximum atomic E-state index is 12.7. The fraction of sp³-hybridized carbons (Fsp3) is 0.643. The summed E-state index contributed by atoms with van der Waals surface area (Å²) in [5, 5.41) is 3.13. The maximum absolute atomic E-state index is 12.7. The Kier molecular flexibility index (Phi) is 4.99. The Bertz CT molecular complexity index is 541. The lowest BCUT2D eigenvalue weighted by atomic mass is 10.4. The standard InChI is InChI=1S/C14H23N3O2S/c1-3-8-15-14-11-13(7-9-16-14)20(18,19)17(10-4-2)12-5-6-12/h7,9,11-12H,3-6,8,10H2,1-2H3,(H,15,16). The Morgan fingerprint density at radius 3 is 2.70 bits per heavy atom. The molecule has 0 amide bonds. The molecule has 20 heavy (non-hydrogen) atoms. The molecule has 1 N–H and O–H groups in total. The molecule has 0 unspecified atom stereocenters. The summed E-state index contributed by atoms with van der Waals surface area (Å²) in [6, 6.07) is 3.41. The Labute approximate surface area is 121 Å². The summed E-state index contributed by atoms with van der Waals surface area (Å²) in [7, 11) is -3.39. The van der Waals surface area contributed by atoms with Crippen LogP contribution in [0.3, 0.4) is 0 Å². The topological polar surface area (TPSA) is 62.3 Å². The van der Waals surface area contributed by atoms with E-state index in [1.165, 1.54) is 0 Å². The third kappa shape index (κ3) is 3.49. The number of hydrogen-bond acceptors (Lipinski definition) is 4. The Morgan fingerprint density at radius 1 is 1.35 bits per heavy atom. The highest BCUT2D eigenvalue weighted by Gasteiger charge is 2.37. The van der Waals surface area contributed by atoms with E-state index < -0.39 is 10.0 Å². The van der Waals surface area contributed by atoms with Crippen LogP contribution in [0.25, 0.3) is 0 Å². The van der Waals surface area contributed by atoms with Crippen molar-refractivity contribution < 1.29 is 8.42 Å². The second-order valence-electron chi connectivity index (χ2n) is 5.15. The van der Waals surface area contributed by atoms with Crippen molar-refractivity contribution in [2.24, 2.45) is 0 Å². The Morgan fingerprint density at radius 2 is 2.10 bits per heavy atom. The number of anilines is 1. The molecule has 0 aliphatic heterocycles. The van der Waals surface area contributed by atoms with Crippen LogP contribution < -0.4 is 5.32 Å². The van der Waals surface area contributed by atoms with Crippen LogP contribution in [-0.2, 0) is 10.0 Å². The van der Waals surface area contributed by atoms with Gasteiger partial charge in [0.25, 0.3) is 0 Å². The summed E-state index contributed by atoms with van der Waals surface area (Å²) in [5.41, 5.74) is 0. The maximum Gasteiger partial charge on any atom is 0.243 e. The van der Waals surface area contributed by atoms with Gasteiger partial charge in [0.05, 0.1) is 4.90 Å². The molecular weight excluding hydrogens is 274 g/mol. The summed E-state index contributed by atoms with van der Waals surface area (Å²) >= 11 is 0. The minimum absolute atomic E-state index is 0.195. The number of sulfonamides is 1. The lowest BCUT2D eigenvalue weighted by Crippen LogP contribution is -2.33. The average Bonchev–Trinajstić information content (AvgIpc) is 3.27. The smallest absolute Gasteiger partial charge is 0.243 e. The number of aromatic nitrogens is 1. The van der Waals surface area contributed by atoms with Crippen molar-refractivity contribution in [1.29, 1.82) is 0 Å².